The highest BCUT2D eigenvalue weighted by Gasteiger charge is 2.11. The fraction of sp³-hybridized carbons (Fsp3) is 0.308. The van der Waals surface area contributed by atoms with E-state index in [0.717, 1.165) is 28.4 Å². The maximum Gasteiger partial charge on any atom is 0.170 e. The number of aryl methyl sites for hydroxylation is 3. The maximum atomic E-state index is 11.2. The highest BCUT2D eigenvalue weighted by atomic mass is 32.2. The molecular formula is C13H15NO2S. The van der Waals surface area contributed by atoms with Crippen molar-refractivity contribution < 1.29 is 8.42 Å². The van der Waals surface area contributed by atoms with Crippen LogP contribution in [0.15, 0.2) is 17.5 Å². The largest absolute Gasteiger partial charge is 0.225 e. The van der Waals surface area contributed by atoms with Crippen molar-refractivity contribution in [2.24, 2.45) is 0 Å². The lowest BCUT2D eigenvalue weighted by atomic mass is 9.95. The van der Waals surface area contributed by atoms with Gasteiger partial charge in [0.25, 0.3) is 0 Å². The average molecular weight is 249 g/mol. The third-order valence-corrected chi connectivity index (χ3v) is 3.06. The zero-order chi connectivity index (χ0) is 13.2. The molecule has 0 amide bonds. The highest BCUT2D eigenvalue weighted by molar-refractivity contribution is 7.93. The standard InChI is InChI=1S/C13H15NO2S/c1-9-5-10(2)13(11(3)6-9)12(7-14)8-17(4,15)16/h5-6,8H,1-4H3. The molecule has 0 saturated heterocycles. The summed E-state index contributed by atoms with van der Waals surface area (Å²) >= 11 is 0. The van der Waals surface area contributed by atoms with Crippen LogP contribution in [0.25, 0.3) is 5.57 Å². The molecule has 0 spiro atoms. The van der Waals surface area contributed by atoms with Crippen molar-refractivity contribution in [1.82, 2.24) is 0 Å². The van der Waals surface area contributed by atoms with E-state index in [1.807, 2.05) is 39.0 Å². The van der Waals surface area contributed by atoms with Gasteiger partial charge < -0.3 is 0 Å². The van der Waals surface area contributed by atoms with E-state index < -0.39 is 9.84 Å². The van der Waals surface area contributed by atoms with Crippen LogP contribution in [0.3, 0.4) is 0 Å². The third-order valence-electron chi connectivity index (χ3n) is 2.40. The van der Waals surface area contributed by atoms with Crippen LogP contribution in [0.5, 0.6) is 0 Å². The molecule has 1 aromatic carbocycles. The Kier molecular flexibility index (Phi) is 3.74. The minimum Gasteiger partial charge on any atom is -0.225 e. The van der Waals surface area contributed by atoms with E-state index in [1.165, 1.54) is 0 Å². The van der Waals surface area contributed by atoms with E-state index in [9.17, 15) is 8.42 Å². The van der Waals surface area contributed by atoms with E-state index >= 15 is 0 Å². The van der Waals surface area contributed by atoms with Crippen molar-refractivity contribution in [3.05, 3.63) is 39.8 Å². The number of hydrogen-bond acceptors (Lipinski definition) is 3. The summed E-state index contributed by atoms with van der Waals surface area (Å²) in [4.78, 5) is 0. The molecule has 0 aromatic heterocycles. The van der Waals surface area contributed by atoms with Crippen molar-refractivity contribution in [3.63, 3.8) is 0 Å². The summed E-state index contributed by atoms with van der Waals surface area (Å²) in [6, 6.07) is 5.84. The van der Waals surface area contributed by atoms with E-state index in [-0.39, 0.29) is 5.57 Å². The molecule has 0 heterocycles. The van der Waals surface area contributed by atoms with Gasteiger partial charge in [-0.1, -0.05) is 17.7 Å². The van der Waals surface area contributed by atoms with E-state index in [0.29, 0.717) is 5.56 Å². The summed E-state index contributed by atoms with van der Waals surface area (Å²) in [5.41, 5.74) is 3.84. The van der Waals surface area contributed by atoms with E-state index in [1.54, 1.807) is 0 Å². The Labute approximate surface area is 102 Å². The fourth-order valence-corrected chi connectivity index (χ4v) is 2.56. The van der Waals surface area contributed by atoms with E-state index in [2.05, 4.69) is 0 Å². The van der Waals surface area contributed by atoms with Gasteiger partial charge in [0.2, 0.25) is 0 Å². The van der Waals surface area contributed by atoms with Crippen LogP contribution in [-0.2, 0) is 9.84 Å². The lowest BCUT2D eigenvalue weighted by molar-refractivity contribution is 0.610. The van der Waals surface area contributed by atoms with Gasteiger partial charge in [-0.15, -0.1) is 0 Å². The first-order valence-electron chi connectivity index (χ1n) is 5.14. The molecule has 3 nitrogen and oxygen atoms in total. The predicted molar refractivity (Wildman–Crippen MR) is 69.1 cm³/mol. The van der Waals surface area contributed by atoms with Gasteiger partial charge in [-0.25, -0.2) is 8.42 Å². The SMILES string of the molecule is Cc1cc(C)c(C(C#N)=CS(C)(=O)=O)c(C)c1. The number of nitrogens with zero attached hydrogens (tertiary/aromatic N) is 1. The molecule has 1 rings (SSSR count). The van der Waals surface area contributed by atoms with Crippen LogP contribution in [0.1, 0.15) is 22.3 Å². The molecule has 0 N–H and O–H groups in total. The quantitative estimate of drug-likeness (QED) is 0.757. The topological polar surface area (TPSA) is 57.9 Å². The van der Waals surface area contributed by atoms with Crippen molar-refractivity contribution in [1.29, 1.82) is 5.26 Å². The van der Waals surface area contributed by atoms with Crippen molar-refractivity contribution in [2.45, 2.75) is 20.8 Å². The summed E-state index contributed by atoms with van der Waals surface area (Å²) in [5, 5.41) is 10.1. The van der Waals surface area contributed by atoms with Crippen LogP contribution in [-0.4, -0.2) is 14.7 Å². The van der Waals surface area contributed by atoms with Gasteiger partial charge in [-0.05, 0) is 37.5 Å². The Morgan fingerprint density at radius 2 is 1.71 bits per heavy atom. The van der Waals surface area contributed by atoms with E-state index in [4.69, 9.17) is 5.26 Å². The average Bonchev–Trinajstić information content (AvgIpc) is 2.12. The van der Waals surface area contributed by atoms with Gasteiger partial charge in [-0.2, -0.15) is 5.26 Å². The summed E-state index contributed by atoms with van der Waals surface area (Å²) in [7, 11) is -3.31. The van der Waals surface area contributed by atoms with Gasteiger partial charge in [0.15, 0.2) is 9.84 Å². The van der Waals surface area contributed by atoms with Gasteiger partial charge >= 0.3 is 0 Å². The Balaban J connectivity index is 3.54. The number of hydrogen-bond donors (Lipinski definition) is 0. The predicted octanol–water partition coefficient (Wildman–Crippen LogP) is 2.52. The molecule has 0 radical (unpaired) electrons. The van der Waals surface area contributed by atoms with Crippen LogP contribution in [0.2, 0.25) is 0 Å². The molecule has 0 aliphatic rings. The van der Waals surface area contributed by atoms with Crippen LogP contribution in [0.4, 0.5) is 0 Å². The highest BCUT2D eigenvalue weighted by Crippen LogP contribution is 2.24. The first-order chi connectivity index (χ1) is 7.74. The minimum atomic E-state index is -3.31. The summed E-state index contributed by atoms with van der Waals surface area (Å²) < 4.78 is 22.5. The zero-order valence-corrected chi connectivity index (χ0v) is 11.2. The second-order valence-corrected chi connectivity index (χ2v) is 6.14. The Morgan fingerprint density at radius 3 is 2.06 bits per heavy atom. The molecule has 0 saturated carbocycles. The summed E-state index contributed by atoms with van der Waals surface area (Å²) in [6.07, 6.45) is 1.09. The Morgan fingerprint density at radius 1 is 1.24 bits per heavy atom. The lowest BCUT2D eigenvalue weighted by Crippen LogP contribution is -1.97. The van der Waals surface area contributed by atoms with Crippen LogP contribution >= 0.6 is 0 Å². The first kappa shape index (κ1) is 13.5. The molecule has 17 heavy (non-hydrogen) atoms. The normalized spacial score (nSPS) is 12.3. The van der Waals surface area contributed by atoms with Gasteiger partial charge in [0.1, 0.15) is 6.07 Å². The second-order valence-electron chi connectivity index (χ2n) is 4.25. The molecule has 0 unspecified atom stereocenters. The molecule has 0 atom stereocenters. The molecule has 4 heteroatoms. The minimum absolute atomic E-state index is 0.197. The number of benzene rings is 1. The van der Waals surface area contributed by atoms with Crippen molar-refractivity contribution in [3.8, 4) is 6.07 Å². The zero-order valence-electron chi connectivity index (χ0n) is 10.4. The molecule has 0 fully saturated rings. The number of rotatable bonds is 2. The monoisotopic (exact) mass is 249 g/mol. The molecular weight excluding hydrogens is 234 g/mol. The molecule has 0 aliphatic heterocycles. The maximum absolute atomic E-state index is 11.2. The van der Waals surface area contributed by atoms with Crippen LogP contribution in [0, 0.1) is 32.1 Å². The van der Waals surface area contributed by atoms with Gasteiger partial charge in [0, 0.05) is 11.7 Å². The molecule has 90 valence electrons. The first-order valence-corrected chi connectivity index (χ1v) is 7.10. The molecule has 0 aliphatic carbocycles. The number of sulfone groups is 1. The third kappa shape index (κ3) is 3.43. The smallest absolute Gasteiger partial charge is 0.170 e. The summed E-state index contributed by atoms with van der Waals surface area (Å²) in [6.45, 7) is 5.72. The fourth-order valence-electron chi connectivity index (χ4n) is 1.96. The Hall–Kier alpha value is -1.60. The Bertz CT molecular complexity index is 596. The molecule has 1 aromatic rings. The van der Waals surface area contributed by atoms with Gasteiger partial charge in [-0.3, -0.25) is 0 Å². The van der Waals surface area contributed by atoms with Crippen LogP contribution < -0.4 is 0 Å². The molecule has 0 bridgehead atoms. The second kappa shape index (κ2) is 4.72. The lowest BCUT2D eigenvalue weighted by Gasteiger charge is -2.09. The van der Waals surface area contributed by atoms with Gasteiger partial charge in [0.05, 0.1) is 5.57 Å². The summed E-state index contributed by atoms with van der Waals surface area (Å²) in [5.74, 6) is 0. The number of allylic oxidation sites excluding steroid dienone is 1. The number of nitriles is 1. The van der Waals surface area contributed by atoms with Crippen molar-refractivity contribution in [2.75, 3.05) is 6.26 Å². The van der Waals surface area contributed by atoms with Crippen molar-refractivity contribution >= 4 is 15.4 Å².